The quantitative estimate of drug-likeness (QED) is 0.927. The third-order valence-electron chi connectivity index (χ3n) is 5.13. The maximum absolute atomic E-state index is 6.32. The van der Waals surface area contributed by atoms with E-state index in [1.807, 2.05) is 0 Å². The van der Waals surface area contributed by atoms with Crippen molar-refractivity contribution in [2.45, 2.75) is 37.8 Å². The van der Waals surface area contributed by atoms with Crippen LogP contribution in [0.2, 0.25) is 0 Å². The fourth-order valence-electron chi connectivity index (χ4n) is 3.77. The Kier molecular flexibility index (Phi) is 5.65. The average Bonchev–Trinajstić information content (AvgIpc) is 2.57. The Bertz CT molecular complexity index is 463. The van der Waals surface area contributed by atoms with Gasteiger partial charge in [0, 0.05) is 44.8 Å². The molecule has 0 amide bonds. The van der Waals surface area contributed by atoms with E-state index in [-0.39, 0.29) is 0 Å². The Morgan fingerprint density at radius 2 is 1.73 bits per heavy atom. The van der Waals surface area contributed by atoms with Gasteiger partial charge in [-0.15, -0.1) is 0 Å². The lowest BCUT2D eigenvalue weighted by atomic mass is 9.89. The van der Waals surface area contributed by atoms with Crippen LogP contribution >= 0.6 is 0 Å². The zero-order valence-electron chi connectivity index (χ0n) is 13.5. The zero-order chi connectivity index (χ0) is 15.2. The predicted molar refractivity (Wildman–Crippen MR) is 93.7 cm³/mol. The van der Waals surface area contributed by atoms with Crippen LogP contribution in [0.4, 0.5) is 0 Å². The summed E-state index contributed by atoms with van der Waals surface area (Å²) in [6, 6.07) is 11.6. The van der Waals surface area contributed by atoms with Gasteiger partial charge < -0.3 is 5.73 Å². The van der Waals surface area contributed by atoms with Gasteiger partial charge in [-0.25, -0.2) is 0 Å². The van der Waals surface area contributed by atoms with Crippen LogP contribution < -0.4 is 5.73 Å². The Hall–Kier alpha value is -1.16. The number of hydrogen-bond donors (Lipinski definition) is 1. The van der Waals surface area contributed by atoms with E-state index >= 15 is 0 Å². The monoisotopic (exact) mass is 299 g/mol. The lowest BCUT2D eigenvalue weighted by Crippen LogP contribution is -2.56. The van der Waals surface area contributed by atoms with E-state index in [2.05, 4.69) is 52.3 Å². The van der Waals surface area contributed by atoms with Crippen LogP contribution in [-0.2, 0) is 0 Å². The Balaban J connectivity index is 1.43. The predicted octanol–water partition coefficient (Wildman–Crippen LogP) is 2.59. The van der Waals surface area contributed by atoms with Crippen LogP contribution in [0.25, 0.3) is 6.08 Å². The van der Waals surface area contributed by atoms with E-state index in [0.717, 1.165) is 6.54 Å². The van der Waals surface area contributed by atoms with Crippen LogP contribution in [0.5, 0.6) is 0 Å². The van der Waals surface area contributed by atoms with Crippen molar-refractivity contribution in [3.63, 3.8) is 0 Å². The second-order valence-electron chi connectivity index (χ2n) is 6.67. The van der Waals surface area contributed by atoms with Gasteiger partial charge in [0.2, 0.25) is 0 Å². The van der Waals surface area contributed by atoms with Gasteiger partial charge in [-0.05, 0) is 18.4 Å². The summed E-state index contributed by atoms with van der Waals surface area (Å²) in [4.78, 5) is 5.19. The highest BCUT2D eigenvalue weighted by atomic mass is 15.3. The highest BCUT2D eigenvalue weighted by Crippen LogP contribution is 2.22. The van der Waals surface area contributed by atoms with E-state index < -0.39 is 0 Å². The van der Waals surface area contributed by atoms with Crippen LogP contribution in [0.3, 0.4) is 0 Å². The number of nitrogens with zero attached hydrogens (tertiary/aromatic N) is 2. The SMILES string of the molecule is NC1CCCCC1N1CCN(C/C=C/c2ccccc2)CC1. The van der Waals surface area contributed by atoms with Crippen molar-refractivity contribution >= 4 is 6.08 Å². The Morgan fingerprint density at radius 1 is 1.00 bits per heavy atom. The molecule has 1 saturated heterocycles. The van der Waals surface area contributed by atoms with Gasteiger partial charge in [-0.3, -0.25) is 9.80 Å². The van der Waals surface area contributed by atoms with Crippen molar-refractivity contribution in [1.29, 1.82) is 0 Å². The first-order valence-corrected chi connectivity index (χ1v) is 8.76. The first kappa shape index (κ1) is 15.7. The van der Waals surface area contributed by atoms with E-state index in [1.165, 1.54) is 57.4 Å². The van der Waals surface area contributed by atoms with Crippen LogP contribution in [0.15, 0.2) is 36.4 Å². The lowest BCUT2D eigenvalue weighted by molar-refractivity contribution is 0.0746. The molecular weight excluding hydrogens is 270 g/mol. The molecule has 0 aromatic heterocycles. The first-order chi connectivity index (χ1) is 10.8. The van der Waals surface area contributed by atoms with Crippen LogP contribution in [0, 0.1) is 0 Å². The number of nitrogens with two attached hydrogens (primary N) is 1. The molecule has 1 aromatic carbocycles. The molecule has 0 spiro atoms. The molecule has 3 nitrogen and oxygen atoms in total. The summed E-state index contributed by atoms with van der Waals surface area (Å²) in [5, 5.41) is 0. The molecule has 2 unspecified atom stereocenters. The molecular formula is C19H29N3. The number of piperazine rings is 1. The van der Waals surface area contributed by atoms with Crippen molar-refractivity contribution in [2.75, 3.05) is 32.7 Å². The fourth-order valence-corrected chi connectivity index (χ4v) is 3.77. The summed E-state index contributed by atoms with van der Waals surface area (Å²) in [7, 11) is 0. The van der Waals surface area contributed by atoms with Gasteiger partial charge >= 0.3 is 0 Å². The summed E-state index contributed by atoms with van der Waals surface area (Å²) < 4.78 is 0. The molecule has 2 fully saturated rings. The lowest BCUT2D eigenvalue weighted by Gasteiger charge is -2.43. The molecule has 2 atom stereocenters. The highest BCUT2D eigenvalue weighted by molar-refractivity contribution is 5.48. The van der Waals surface area contributed by atoms with E-state index in [1.54, 1.807) is 0 Å². The molecule has 120 valence electrons. The third kappa shape index (κ3) is 4.19. The minimum absolute atomic E-state index is 0.401. The van der Waals surface area contributed by atoms with Gasteiger partial charge in [-0.1, -0.05) is 55.3 Å². The molecule has 0 bridgehead atoms. The molecule has 1 heterocycles. The number of hydrogen-bond acceptors (Lipinski definition) is 3. The van der Waals surface area contributed by atoms with Crippen molar-refractivity contribution in [1.82, 2.24) is 9.80 Å². The van der Waals surface area contributed by atoms with E-state index in [4.69, 9.17) is 5.73 Å². The summed E-state index contributed by atoms with van der Waals surface area (Å²) in [5.41, 5.74) is 7.61. The second kappa shape index (κ2) is 7.91. The molecule has 1 aliphatic heterocycles. The standard InChI is InChI=1S/C19H29N3/c20-18-10-4-5-11-19(18)22-15-13-21(14-16-22)12-6-9-17-7-2-1-3-8-17/h1-3,6-9,18-19H,4-5,10-16,20H2/b9-6+. The Labute approximate surface area is 134 Å². The average molecular weight is 299 g/mol. The molecule has 22 heavy (non-hydrogen) atoms. The van der Waals surface area contributed by atoms with Gasteiger partial charge in [0.05, 0.1) is 0 Å². The molecule has 1 aromatic rings. The normalized spacial score (nSPS) is 28.2. The van der Waals surface area contributed by atoms with Crippen molar-refractivity contribution in [3.8, 4) is 0 Å². The van der Waals surface area contributed by atoms with Gasteiger partial charge in [0.15, 0.2) is 0 Å². The largest absolute Gasteiger partial charge is 0.326 e. The molecule has 3 heteroatoms. The minimum Gasteiger partial charge on any atom is -0.326 e. The highest BCUT2D eigenvalue weighted by Gasteiger charge is 2.29. The third-order valence-corrected chi connectivity index (χ3v) is 5.13. The summed E-state index contributed by atoms with van der Waals surface area (Å²) in [6.07, 6.45) is 9.71. The van der Waals surface area contributed by atoms with Crippen molar-refractivity contribution in [2.24, 2.45) is 5.73 Å². The van der Waals surface area contributed by atoms with Gasteiger partial charge in [0.1, 0.15) is 0 Å². The molecule has 1 aliphatic carbocycles. The summed E-state index contributed by atoms with van der Waals surface area (Å²) in [5.74, 6) is 0. The molecule has 2 N–H and O–H groups in total. The molecule has 3 rings (SSSR count). The number of benzene rings is 1. The second-order valence-corrected chi connectivity index (χ2v) is 6.67. The maximum atomic E-state index is 6.32. The van der Waals surface area contributed by atoms with Crippen molar-refractivity contribution < 1.29 is 0 Å². The van der Waals surface area contributed by atoms with Crippen LogP contribution in [-0.4, -0.2) is 54.6 Å². The smallest absolute Gasteiger partial charge is 0.0248 e. The zero-order valence-corrected chi connectivity index (χ0v) is 13.5. The first-order valence-electron chi connectivity index (χ1n) is 8.76. The molecule has 0 radical (unpaired) electrons. The summed E-state index contributed by atoms with van der Waals surface area (Å²) >= 11 is 0. The molecule has 2 aliphatic rings. The van der Waals surface area contributed by atoms with E-state index in [0.29, 0.717) is 12.1 Å². The topological polar surface area (TPSA) is 32.5 Å². The van der Waals surface area contributed by atoms with Crippen molar-refractivity contribution in [3.05, 3.63) is 42.0 Å². The van der Waals surface area contributed by atoms with E-state index in [9.17, 15) is 0 Å². The minimum atomic E-state index is 0.401. The molecule has 1 saturated carbocycles. The van der Waals surface area contributed by atoms with Crippen LogP contribution in [0.1, 0.15) is 31.2 Å². The van der Waals surface area contributed by atoms with Gasteiger partial charge in [0.25, 0.3) is 0 Å². The Morgan fingerprint density at radius 3 is 2.45 bits per heavy atom. The maximum Gasteiger partial charge on any atom is 0.0248 e. The summed E-state index contributed by atoms with van der Waals surface area (Å²) in [6.45, 7) is 5.75. The van der Waals surface area contributed by atoms with Gasteiger partial charge in [-0.2, -0.15) is 0 Å². The number of rotatable bonds is 4. The fraction of sp³-hybridized carbons (Fsp3) is 0.579.